The second-order valence-corrected chi connectivity index (χ2v) is 5.95. The van der Waals surface area contributed by atoms with Crippen molar-refractivity contribution in [1.29, 1.82) is 5.26 Å². The first kappa shape index (κ1) is 14.8. The van der Waals surface area contributed by atoms with E-state index in [0.29, 0.717) is 20.8 Å². The highest BCUT2D eigenvalue weighted by atomic mass is 35.5. The molecule has 0 radical (unpaired) electrons. The van der Waals surface area contributed by atoms with Crippen LogP contribution in [0.25, 0.3) is 0 Å². The summed E-state index contributed by atoms with van der Waals surface area (Å²) in [6, 6.07) is 5.52. The summed E-state index contributed by atoms with van der Waals surface area (Å²) in [7, 11) is 0. The van der Waals surface area contributed by atoms with Crippen molar-refractivity contribution in [3.8, 4) is 11.8 Å². The third-order valence-electron chi connectivity index (χ3n) is 3.37. The van der Waals surface area contributed by atoms with Crippen molar-refractivity contribution < 1.29 is 4.74 Å². The maximum Gasteiger partial charge on any atom is 0.139 e. The Bertz CT molecular complexity index is 498. The van der Waals surface area contributed by atoms with E-state index in [4.69, 9.17) is 39.5 Å². The molecule has 0 aliphatic heterocycles. The largest absolute Gasteiger partial charge is 0.487 e. The highest BCUT2D eigenvalue weighted by molar-refractivity contribution is 6.43. The van der Waals surface area contributed by atoms with Gasteiger partial charge >= 0.3 is 0 Å². The lowest BCUT2D eigenvalue weighted by molar-refractivity contribution is 0.152. The number of hydrogen-bond acceptors (Lipinski definition) is 2. The summed E-state index contributed by atoms with van der Waals surface area (Å²) in [6.45, 7) is 0. The number of rotatable bonds is 2. The first-order valence-electron chi connectivity index (χ1n) is 6.32. The van der Waals surface area contributed by atoms with Gasteiger partial charge in [0.2, 0.25) is 0 Å². The molecule has 1 aromatic carbocycles. The molecule has 2 unspecified atom stereocenters. The van der Waals surface area contributed by atoms with E-state index in [1.807, 2.05) is 0 Å². The molecule has 1 aliphatic rings. The summed E-state index contributed by atoms with van der Waals surface area (Å²) >= 11 is 18.0. The van der Waals surface area contributed by atoms with Crippen LogP contribution in [-0.2, 0) is 0 Å². The van der Waals surface area contributed by atoms with Crippen molar-refractivity contribution in [3.05, 3.63) is 27.2 Å². The lowest BCUT2D eigenvalue weighted by Gasteiger charge is -2.22. The zero-order valence-electron chi connectivity index (χ0n) is 10.3. The van der Waals surface area contributed by atoms with E-state index in [-0.39, 0.29) is 12.0 Å². The number of nitrogens with zero attached hydrogens (tertiary/aromatic N) is 1. The first-order valence-corrected chi connectivity index (χ1v) is 7.46. The van der Waals surface area contributed by atoms with Gasteiger partial charge in [-0.3, -0.25) is 0 Å². The lowest BCUT2D eigenvalue weighted by atomic mass is 9.99. The number of halogens is 3. The Labute approximate surface area is 128 Å². The zero-order valence-corrected chi connectivity index (χ0v) is 12.6. The van der Waals surface area contributed by atoms with Crippen molar-refractivity contribution in [2.24, 2.45) is 5.92 Å². The molecule has 0 N–H and O–H groups in total. The quantitative estimate of drug-likeness (QED) is 0.533. The molecule has 19 heavy (non-hydrogen) atoms. The summed E-state index contributed by atoms with van der Waals surface area (Å²) < 4.78 is 5.91. The maximum absolute atomic E-state index is 9.22. The van der Waals surface area contributed by atoms with Crippen LogP contribution < -0.4 is 4.74 Å². The average molecular weight is 319 g/mol. The first-order chi connectivity index (χ1) is 9.11. The fraction of sp³-hybridized carbons (Fsp3) is 0.500. The maximum atomic E-state index is 9.22. The lowest BCUT2D eigenvalue weighted by Crippen LogP contribution is -2.25. The van der Waals surface area contributed by atoms with Crippen LogP contribution in [0.3, 0.4) is 0 Å². The van der Waals surface area contributed by atoms with Crippen molar-refractivity contribution in [3.63, 3.8) is 0 Å². The van der Waals surface area contributed by atoms with E-state index in [9.17, 15) is 5.26 Å². The number of ether oxygens (including phenoxy) is 1. The van der Waals surface area contributed by atoms with Crippen LogP contribution in [0.2, 0.25) is 15.1 Å². The highest BCUT2D eigenvalue weighted by Gasteiger charge is 2.26. The zero-order chi connectivity index (χ0) is 13.8. The molecule has 0 heterocycles. The van der Waals surface area contributed by atoms with Crippen LogP contribution in [0, 0.1) is 17.2 Å². The van der Waals surface area contributed by atoms with E-state index < -0.39 is 0 Å². The minimum absolute atomic E-state index is 0.0898. The molecule has 2 rings (SSSR count). The van der Waals surface area contributed by atoms with Crippen LogP contribution in [0.15, 0.2) is 12.1 Å². The van der Waals surface area contributed by atoms with Gasteiger partial charge in [0.05, 0.1) is 27.1 Å². The van der Waals surface area contributed by atoms with Gasteiger partial charge in [-0.05, 0) is 25.3 Å². The summed E-state index contributed by atoms with van der Waals surface area (Å²) in [5.74, 6) is 0.413. The Morgan fingerprint density at radius 2 is 1.68 bits per heavy atom. The molecule has 0 spiro atoms. The van der Waals surface area contributed by atoms with E-state index >= 15 is 0 Å². The van der Waals surface area contributed by atoms with Gasteiger partial charge in [0.25, 0.3) is 0 Å². The Balaban J connectivity index is 2.19. The third-order valence-corrected chi connectivity index (χ3v) is 4.39. The van der Waals surface area contributed by atoms with Crippen molar-refractivity contribution in [1.82, 2.24) is 0 Å². The summed E-state index contributed by atoms with van der Waals surface area (Å²) in [4.78, 5) is 0. The molecule has 1 aliphatic carbocycles. The summed E-state index contributed by atoms with van der Waals surface area (Å²) in [6.07, 6.45) is 4.92. The molecule has 0 aromatic heterocycles. The minimum atomic E-state index is -0.123. The highest BCUT2D eigenvalue weighted by Crippen LogP contribution is 2.36. The van der Waals surface area contributed by atoms with Crippen molar-refractivity contribution >= 4 is 34.8 Å². The van der Waals surface area contributed by atoms with Gasteiger partial charge < -0.3 is 4.74 Å². The molecule has 0 amide bonds. The van der Waals surface area contributed by atoms with Gasteiger partial charge in [-0.15, -0.1) is 0 Å². The van der Waals surface area contributed by atoms with Gasteiger partial charge in [0.15, 0.2) is 0 Å². The normalized spacial score (nSPS) is 23.5. The Morgan fingerprint density at radius 1 is 1.00 bits per heavy atom. The van der Waals surface area contributed by atoms with Gasteiger partial charge in [0, 0.05) is 6.07 Å². The SMILES string of the molecule is N#CC1CCCCCC1Oc1cc(Cl)c(Cl)cc1Cl. The monoisotopic (exact) mass is 317 g/mol. The molecular formula is C14H14Cl3NO. The number of nitriles is 1. The van der Waals surface area contributed by atoms with Gasteiger partial charge in [-0.25, -0.2) is 0 Å². The second-order valence-electron chi connectivity index (χ2n) is 4.73. The summed E-state index contributed by atoms with van der Waals surface area (Å²) in [5, 5.41) is 10.5. The molecule has 2 nitrogen and oxygen atoms in total. The number of hydrogen-bond donors (Lipinski definition) is 0. The molecule has 1 aromatic rings. The van der Waals surface area contributed by atoms with Crippen molar-refractivity contribution in [2.45, 2.75) is 38.2 Å². The molecule has 102 valence electrons. The topological polar surface area (TPSA) is 33.0 Å². The standard InChI is InChI=1S/C14H14Cl3NO/c15-10-6-12(17)14(7-11(10)16)19-13-5-3-1-2-4-9(13)8-18/h6-7,9,13H,1-5H2. The molecule has 0 bridgehead atoms. The predicted octanol–water partition coefficient (Wildman–Crippen LogP) is 5.50. The van der Waals surface area contributed by atoms with Crippen LogP contribution in [-0.4, -0.2) is 6.10 Å². The van der Waals surface area contributed by atoms with E-state index in [0.717, 1.165) is 32.1 Å². The second kappa shape index (κ2) is 6.70. The Kier molecular flexibility index (Phi) is 5.21. The van der Waals surface area contributed by atoms with Crippen LogP contribution in [0.1, 0.15) is 32.1 Å². The molecular weight excluding hydrogens is 305 g/mol. The van der Waals surface area contributed by atoms with E-state index in [1.165, 1.54) is 0 Å². The van der Waals surface area contributed by atoms with Crippen LogP contribution in [0.5, 0.6) is 5.75 Å². The minimum Gasteiger partial charge on any atom is -0.487 e. The summed E-state index contributed by atoms with van der Waals surface area (Å²) in [5.41, 5.74) is 0. The third kappa shape index (κ3) is 3.69. The Morgan fingerprint density at radius 3 is 2.42 bits per heavy atom. The average Bonchev–Trinajstić information content (AvgIpc) is 2.61. The van der Waals surface area contributed by atoms with Gasteiger partial charge in [-0.2, -0.15) is 5.26 Å². The fourth-order valence-electron chi connectivity index (χ4n) is 2.32. The molecule has 1 saturated carbocycles. The van der Waals surface area contributed by atoms with E-state index in [2.05, 4.69) is 6.07 Å². The van der Waals surface area contributed by atoms with Crippen molar-refractivity contribution in [2.75, 3.05) is 0 Å². The Hall–Kier alpha value is -0.620. The van der Waals surface area contributed by atoms with Crippen LogP contribution >= 0.6 is 34.8 Å². The van der Waals surface area contributed by atoms with Gasteiger partial charge in [-0.1, -0.05) is 47.6 Å². The molecule has 0 saturated heterocycles. The van der Waals surface area contributed by atoms with Gasteiger partial charge in [0.1, 0.15) is 11.9 Å². The molecule has 2 atom stereocenters. The van der Waals surface area contributed by atoms with Crippen LogP contribution in [0.4, 0.5) is 0 Å². The van der Waals surface area contributed by atoms with E-state index in [1.54, 1.807) is 12.1 Å². The fourth-order valence-corrected chi connectivity index (χ4v) is 2.90. The smallest absolute Gasteiger partial charge is 0.139 e. The molecule has 1 fully saturated rings. The predicted molar refractivity (Wildman–Crippen MR) is 78.1 cm³/mol. The number of benzene rings is 1. The molecule has 5 heteroatoms.